The Labute approximate surface area is 70.2 Å². The highest BCUT2D eigenvalue weighted by atomic mass is 32.1. The van der Waals surface area contributed by atoms with E-state index in [-0.39, 0.29) is 0 Å². The molecule has 0 radical (unpaired) electrons. The number of thiocarbonyl (C=S) groups is 1. The minimum atomic E-state index is 0.495. The molecule has 0 atom stereocenters. The second-order valence-electron chi connectivity index (χ2n) is 1.79. The minimum absolute atomic E-state index is 0.495. The van der Waals surface area contributed by atoms with E-state index < -0.39 is 0 Å². The lowest BCUT2D eigenvalue weighted by atomic mass is 10.6. The van der Waals surface area contributed by atoms with E-state index in [0.29, 0.717) is 10.2 Å². The third-order valence-corrected chi connectivity index (χ3v) is 1.70. The van der Waals surface area contributed by atoms with Gasteiger partial charge in [-0.15, -0.1) is 12.6 Å². The van der Waals surface area contributed by atoms with Gasteiger partial charge in [-0.25, -0.2) is 0 Å². The topological polar surface area (TPSA) is 16.4 Å². The molecule has 0 aliphatic carbocycles. The first-order valence-electron chi connectivity index (χ1n) is 2.72. The smallest absolute Gasteiger partial charge is 0.200 e. The van der Waals surface area contributed by atoms with Crippen molar-refractivity contribution in [1.82, 2.24) is 0 Å². The first-order valence-corrected chi connectivity index (χ1v) is 3.57. The van der Waals surface area contributed by atoms with Gasteiger partial charge in [0.25, 0.3) is 0 Å². The van der Waals surface area contributed by atoms with Crippen molar-refractivity contribution in [1.29, 1.82) is 0 Å². The Bertz CT molecular complexity index is 220. The molecular formula is C6H7NOS2. The van der Waals surface area contributed by atoms with E-state index in [1.165, 1.54) is 0 Å². The quantitative estimate of drug-likeness (QED) is 0.516. The zero-order valence-electron chi connectivity index (χ0n) is 5.44. The molecule has 0 bridgehead atoms. The first kappa shape index (κ1) is 7.63. The maximum absolute atomic E-state index is 5.05. The van der Waals surface area contributed by atoms with Gasteiger partial charge in [0.05, 0.1) is 6.26 Å². The Morgan fingerprint density at radius 1 is 1.80 bits per heavy atom. The highest BCUT2D eigenvalue weighted by molar-refractivity contribution is 8.11. The maximum atomic E-state index is 5.05. The van der Waals surface area contributed by atoms with Crippen molar-refractivity contribution in [2.24, 2.45) is 0 Å². The van der Waals surface area contributed by atoms with Crippen LogP contribution < -0.4 is 4.90 Å². The normalized spacial score (nSPS) is 9.40. The molecule has 0 aromatic carbocycles. The molecular weight excluding hydrogens is 166 g/mol. The Hall–Kier alpha value is -0.480. The molecule has 1 aromatic heterocycles. The number of nitrogens with zero attached hydrogens (tertiary/aromatic N) is 1. The Morgan fingerprint density at radius 2 is 2.50 bits per heavy atom. The third kappa shape index (κ3) is 1.52. The van der Waals surface area contributed by atoms with Crippen molar-refractivity contribution >= 4 is 35.1 Å². The van der Waals surface area contributed by atoms with Crippen LogP contribution in [0.25, 0.3) is 0 Å². The van der Waals surface area contributed by atoms with E-state index >= 15 is 0 Å². The zero-order chi connectivity index (χ0) is 7.56. The summed E-state index contributed by atoms with van der Waals surface area (Å²) in [5.74, 6) is 0.708. The van der Waals surface area contributed by atoms with Crippen LogP contribution in [-0.4, -0.2) is 11.4 Å². The van der Waals surface area contributed by atoms with Crippen molar-refractivity contribution in [3.05, 3.63) is 18.4 Å². The highest BCUT2D eigenvalue weighted by Gasteiger charge is 2.03. The van der Waals surface area contributed by atoms with Gasteiger partial charge in [0.2, 0.25) is 0 Å². The van der Waals surface area contributed by atoms with Gasteiger partial charge in [-0.05, 0) is 6.07 Å². The molecule has 2 nitrogen and oxygen atoms in total. The maximum Gasteiger partial charge on any atom is 0.200 e. The number of furan rings is 1. The van der Waals surface area contributed by atoms with Crippen molar-refractivity contribution in [2.45, 2.75) is 0 Å². The van der Waals surface area contributed by atoms with E-state index in [4.69, 9.17) is 16.6 Å². The fourth-order valence-electron chi connectivity index (χ4n) is 0.555. The van der Waals surface area contributed by atoms with Gasteiger partial charge in [-0.2, -0.15) is 0 Å². The molecule has 0 N–H and O–H groups in total. The molecule has 0 saturated carbocycles. The predicted molar refractivity (Wildman–Crippen MR) is 48.7 cm³/mol. The Morgan fingerprint density at radius 3 is 2.90 bits per heavy atom. The van der Waals surface area contributed by atoms with Crippen LogP contribution in [0.2, 0.25) is 0 Å². The second-order valence-corrected chi connectivity index (χ2v) is 2.91. The number of anilines is 1. The fraction of sp³-hybridized carbons (Fsp3) is 0.167. The van der Waals surface area contributed by atoms with E-state index in [9.17, 15) is 0 Å². The summed E-state index contributed by atoms with van der Waals surface area (Å²) in [6, 6.07) is 3.63. The monoisotopic (exact) mass is 173 g/mol. The van der Waals surface area contributed by atoms with Crippen LogP contribution in [0.4, 0.5) is 5.88 Å². The lowest BCUT2D eigenvalue weighted by molar-refractivity contribution is 0.573. The molecule has 0 spiro atoms. The molecule has 54 valence electrons. The summed E-state index contributed by atoms with van der Waals surface area (Å²) >= 11 is 8.77. The van der Waals surface area contributed by atoms with E-state index in [2.05, 4.69) is 12.6 Å². The standard InChI is InChI=1S/C6H7NOS2/c1-7(6(9)10)5-3-2-4-8-5/h2-4H,1H3,(H,9,10). The molecule has 4 heteroatoms. The van der Waals surface area contributed by atoms with Crippen LogP contribution in [0.3, 0.4) is 0 Å². The number of thiol groups is 1. The number of rotatable bonds is 1. The fourth-order valence-corrected chi connectivity index (χ4v) is 0.744. The summed E-state index contributed by atoms with van der Waals surface area (Å²) in [7, 11) is 1.80. The van der Waals surface area contributed by atoms with Crippen LogP contribution in [-0.2, 0) is 0 Å². The van der Waals surface area contributed by atoms with Gasteiger partial charge in [-0.1, -0.05) is 12.2 Å². The summed E-state index contributed by atoms with van der Waals surface area (Å²) in [6.07, 6.45) is 1.60. The summed E-state index contributed by atoms with van der Waals surface area (Å²) in [5.41, 5.74) is 0. The zero-order valence-corrected chi connectivity index (χ0v) is 7.15. The average Bonchev–Trinajstić information content (AvgIpc) is 2.36. The van der Waals surface area contributed by atoms with E-state index in [1.807, 2.05) is 6.07 Å². The molecule has 0 amide bonds. The molecule has 0 aliphatic rings. The molecule has 1 rings (SSSR count). The summed E-state index contributed by atoms with van der Waals surface area (Å²) in [4.78, 5) is 1.68. The predicted octanol–water partition coefficient (Wildman–Crippen LogP) is 1.93. The van der Waals surface area contributed by atoms with Gasteiger partial charge in [0, 0.05) is 13.1 Å². The van der Waals surface area contributed by atoms with Gasteiger partial charge in [-0.3, -0.25) is 0 Å². The van der Waals surface area contributed by atoms with E-state index in [0.717, 1.165) is 0 Å². The number of hydrogen-bond donors (Lipinski definition) is 1. The van der Waals surface area contributed by atoms with Crippen LogP contribution in [0.1, 0.15) is 0 Å². The van der Waals surface area contributed by atoms with Gasteiger partial charge >= 0.3 is 0 Å². The highest BCUT2D eigenvalue weighted by Crippen LogP contribution is 2.13. The molecule has 0 unspecified atom stereocenters. The van der Waals surface area contributed by atoms with Crippen LogP contribution in [0.5, 0.6) is 0 Å². The first-order chi connectivity index (χ1) is 4.72. The van der Waals surface area contributed by atoms with Crippen molar-refractivity contribution in [3.8, 4) is 0 Å². The molecule has 1 aromatic rings. The minimum Gasteiger partial charge on any atom is -0.448 e. The van der Waals surface area contributed by atoms with Crippen LogP contribution in [0.15, 0.2) is 22.8 Å². The summed E-state index contributed by atoms with van der Waals surface area (Å²) < 4.78 is 5.54. The molecule has 10 heavy (non-hydrogen) atoms. The molecule has 1 heterocycles. The van der Waals surface area contributed by atoms with E-state index in [1.54, 1.807) is 24.3 Å². The third-order valence-electron chi connectivity index (χ3n) is 1.12. The van der Waals surface area contributed by atoms with Gasteiger partial charge in [0.15, 0.2) is 5.88 Å². The van der Waals surface area contributed by atoms with Crippen LogP contribution >= 0.6 is 24.8 Å². The lowest BCUT2D eigenvalue weighted by Gasteiger charge is -2.11. The Balaban J connectivity index is 2.77. The number of hydrogen-bond acceptors (Lipinski definition) is 2. The lowest BCUT2D eigenvalue weighted by Crippen LogP contribution is -2.18. The summed E-state index contributed by atoms with van der Waals surface area (Å²) in [5, 5.41) is 0. The second kappa shape index (κ2) is 3.07. The van der Waals surface area contributed by atoms with Gasteiger partial charge < -0.3 is 9.32 Å². The Kier molecular flexibility index (Phi) is 2.34. The molecule has 0 saturated heterocycles. The molecule has 0 aliphatic heterocycles. The van der Waals surface area contributed by atoms with Crippen molar-refractivity contribution in [2.75, 3.05) is 11.9 Å². The SMILES string of the molecule is CN(C(=S)S)c1ccco1. The average molecular weight is 173 g/mol. The summed E-state index contributed by atoms with van der Waals surface area (Å²) in [6.45, 7) is 0. The van der Waals surface area contributed by atoms with Crippen LogP contribution in [0, 0.1) is 0 Å². The van der Waals surface area contributed by atoms with Crippen molar-refractivity contribution < 1.29 is 4.42 Å². The largest absolute Gasteiger partial charge is 0.448 e. The van der Waals surface area contributed by atoms with Crippen molar-refractivity contribution in [3.63, 3.8) is 0 Å². The molecule has 0 fully saturated rings. The van der Waals surface area contributed by atoms with Gasteiger partial charge in [0.1, 0.15) is 4.32 Å².